The Morgan fingerprint density at radius 2 is 1.81 bits per heavy atom. The summed E-state index contributed by atoms with van der Waals surface area (Å²) in [4.78, 5) is 13.8. The molecule has 1 unspecified atom stereocenters. The fourth-order valence-electron chi connectivity index (χ4n) is 1.68. The molecule has 0 aromatic rings. The highest BCUT2D eigenvalue weighted by Gasteiger charge is 2.30. The van der Waals surface area contributed by atoms with E-state index in [4.69, 9.17) is 14.2 Å². The average molecular weight is 368 g/mol. The number of methoxy groups -OCH3 is 1. The van der Waals surface area contributed by atoms with Crippen molar-refractivity contribution in [1.29, 1.82) is 0 Å². The molecule has 0 fully saturated rings. The van der Waals surface area contributed by atoms with Gasteiger partial charge < -0.3 is 19.1 Å². The number of likely N-dealkylation sites (N-methyl/N-ethyl adjacent to an activating group) is 1. The van der Waals surface area contributed by atoms with E-state index in [0.717, 1.165) is 6.42 Å². The summed E-state index contributed by atoms with van der Waals surface area (Å²) in [6.07, 6.45) is 0.523. The Kier molecular flexibility index (Phi) is 9.49. The molecule has 5 nitrogen and oxygen atoms in total. The van der Waals surface area contributed by atoms with E-state index < -0.39 is 11.2 Å². The molecule has 0 aliphatic rings. The Labute approximate surface area is 137 Å². The second kappa shape index (κ2) is 9.64. The van der Waals surface area contributed by atoms with Gasteiger partial charge in [0.1, 0.15) is 5.60 Å². The molecule has 0 spiro atoms. The number of rotatable bonds is 9. The van der Waals surface area contributed by atoms with Gasteiger partial charge in [-0.1, -0.05) is 15.9 Å². The van der Waals surface area contributed by atoms with Crippen LogP contribution in [0.3, 0.4) is 0 Å². The van der Waals surface area contributed by atoms with Crippen molar-refractivity contribution in [2.24, 2.45) is 0 Å². The molecule has 0 aliphatic carbocycles. The van der Waals surface area contributed by atoms with Gasteiger partial charge in [0.15, 0.2) is 0 Å². The zero-order chi connectivity index (χ0) is 16.5. The molecule has 0 radical (unpaired) electrons. The van der Waals surface area contributed by atoms with Crippen molar-refractivity contribution in [3.05, 3.63) is 0 Å². The van der Waals surface area contributed by atoms with Crippen LogP contribution in [0.1, 0.15) is 41.0 Å². The lowest BCUT2D eigenvalue weighted by Gasteiger charge is -2.35. The van der Waals surface area contributed by atoms with Crippen LogP contribution in [0.25, 0.3) is 0 Å². The molecule has 0 heterocycles. The Balaban J connectivity index is 4.55. The van der Waals surface area contributed by atoms with Crippen molar-refractivity contribution in [3.63, 3.8) is 0 Å². The van der Waals surface area contributed by atoms with E-state index in [9.17, 15) is 4.79 Å². The van der Waals surface area contributed by atoms with Gasteiger partial charge in [-0.05, 0) is 41.0 Å². The van der Waals surface area contributed by atoms with Gasteiger partial charge >= 0.3 is 6.09 Å². The monoisotopic (exact) mass is 367 g/mol. The number of ether oxygens (including phenoxy) is 3. The van der Waals surface area contributed by atoms with Gasteiger partial charge in [0.05, 0.1) is 12.1 Å². The van der Waals surface area contributed by atoms with Crippen LogP contribution < -0.4 is 0 Å². The number of alkyl halides is 1. The summed E-state index contributed by atoms with van der Waals surface area (Å²) >= 11 is 3.47. The molecule has 0 saturated carbocycles. The fourth-order valence-corrected chi connectivity index (χ4v) is 2.02. The van der Waals surface area contributed by atoms with E-state index in [1.54, 1.807) is 12.0 Å². The van der Waals surface area contributed by atoms with Gasteiger partial charge in [0.25, 0.3) is 0 Å². The second-order valence-electron chi connectivity index (χ2n) is 6.27. The molecular weight excluding hydrogens is 338 g/mol. The molecule has 1 amide bonds. The Morgan fingerprint density at radius 3 is 2.24 bits per heavy atom. The normalized spacial score (nSPS) is 14.6. The van der Waals surface area contributed by atoms with Gasteiger partial charge in [-0.25, -0.2) is 4.79 Å². The molecule has 126 valence electrons. The summed E-state index contributed by atoms with van der Waals surface area (Å²) < 4.78 is 16.3. The van der Waals surface area contributed by atoms with Crippen molar-refractivity contribution >= 4 is 22.0 Å². The zero-order valence-corrected chi connectivity index (χ0v) is 15.8. The highest BCUT2D eigenvalue weighted by Crippen LogP contribution is 2.18. The number of nitrogens with zero attached hydrogens (tertiary/aromatic N) is 1. The predicted octanol–water partition coefficient (Wildman–Crippen LogP) is 3.45. The summed E-state index contributed by atoms with van der Waals surface area (Å²) in [5, 5.41) is 0.645. The second-order valence-corrected chi connectivity index (χ2v) is 6.83. The topological polar surface area (TPSA) is 48.0 Å². The van der Waals surface area contributed by atoms with Crippen LogP contribution in [-0.2, 0) is 14.2 Å². The Hall–Kier alpha value is -0.330. The van der Waals surface area contributed by atoms with Crippen LogP contribution in [0.15, 0.2) is 0 Å². The van der Waals surface area contributed by atoms with Crippen LogP contribution in [-0.4, -0.2) is 60.9 Å². The molecule has 0 N–H and O–H groups in total. The fraction of sp³-hybridized carbons (Fsp3) is 0.933. The van der Waals surface area contributed by atoms with Gasteiger partial charge in [-0.3, -0.25) is 0 Å². The third kappa shape index (κ3) is 9.32. The lowest BCUT2D eigenvalue weighted by Crippen LogP contribution is -2.48. The molecular formula is C15H30BrNO4. The van der Waals surface area contributed by atoms with Crippen molar-refractivity contribution in [3.8, 4) is 0 Å². The first-order chi connectivity index (χ1) is 9.67. The highest BCUT2D eigenvalue weighted by atomic mass is 79.9. The molecule has 21 heavy (non-hydrogen) atoms. The maximum absolute atomic E-state index is 12.2. The molecule has 6 heteroatoms. The molecule has 0 rings (SSSR count). The summed E-state index contributed by atoms with van der Waals surface area (Å²) in [5.74, 6) is 0. The third-order valence-corrected chi connectivity index (χ3v) is 3.97. The van der Waals surface area contributed by atoms with Gasteiger partial charge in [0, 0.05) is 32.2 Å². The summed E-state index contributed by atoms with van der Waals surface area (Å²) in [7, 11) is 1.67. The van der Waals surface area contributed by atoms with Gasteiger partial charge in [-0.15, -0.1) is 0 Å². The summed E-state index contributed by atoms with van der Waals surface area (Å²) in [6.45, 7) is 11.8. The quantitative estimate of drug-likeness (QED) is 0.462. The lowest BCUT2D eigenvalue weighted by molar-refractivity contribution is -0.0466. The first kappa shape index (κ1) is 20.7. The van der Waals surface area contributed by atoms with E-state index in [-0.39, 0.29) is 6.09 Å². The van der Waals surface area contributed by atoms with Crippen LogP contribution in [0.5, 0.6) is 0 Å². The van der Waals surface area contributed by atoms with Crippen molar-refractivity contribution in [1.82, 2.24) is 4.90 Å². The Bertz CT molecular complexity index is 307. The molecule has 0 bridgehead atoms. The maximum Gasteiger partial charge on any atom is 0.410 e. The van der Waals surface area contributed by atoms with Crippen molar-refractivity contribution < 1.29 is 19.0 Å². The SMILES string of the molecule is CCN(CC(C)(CBr)OCCCOC)C(=O)OC(C)(C)C. The number of halogens is 1. The third-order valence-electron chi connectivity index (χ3n) is 2.78. The van der Waals surface area contributed by atoms with E-state index in [2.05, 4.69) is 15.9 Å². The number of amides is 1. The highest BCUT2D eigenvalue weighted by molar-refractivity contribution is 9.09. The number of carbonyl (C=O) groups is 1. The van der Waals surface area contributed by atoms with Crippen LogP contribution in [0, 0.1) is 0 Å². The van der Waals surface area contributed by atoms with E-state index in [0.29, 0.717) is 31.6 Å². The lowest BCUT2D eigenvalue weighted by atomic mass is 10.1. The van der Waals surface area contributed by atoms with Crippen LogP contribution in [0.2, 0.25) is 0 Å². The summed E-state index contributed by atoms with van der Waals surface area (Å²) in [6, 6.07) is 0. The van der Waals surface area contributed by atoms with E-state index >= 15 is 0 Å². The predicted molar refractivity (Wildman–Crippen MR) is 88.1 cm³/mol. The molecule has 0 saturated heterocycles. The number of hydrogen-bond acceptors (Lipinski definition) is 4. The minimum atomic E-state index is -0.491. The van der Waals surface area contributed by atoms with Crippen molar-refractivity contribution in [2.75, 3.05) is 38.7 Å². The number of carbonyl (C=O) groups excluding carboxylic acids is 1. The Morgan fingerprint density at radius 1 is 1.19 bits per heavy atom. The first-order valence-corrected chi connectivity index (χ1v) is 8.46. The van der Waals surface area contributed by atoms with E-state index in [1.807, 2.05) is 34.6 Å². The minimum absolute atomic E-state index is 0.308. The molecule has 0 aliphatic heterocycles. The average Bonchev–Trinajstić information content (AvgIpc) is 2.39. The van der Waals surface area contributed by atoms with Crippen molar-refractivity contribution in [2.45, 2.75) is 52.2 Å². The maximum atomic E-state index is 12.2. The zero-order valence-electron chi connectivity index (χ0n) is 14.2. The first-order valence-electron chi connectivity index (χ1n) is 7.34. The van der Waals surface area contributed by atoms with Gasteiger partial charge in [0.2, 0.25) is 0 Å². The minimum Gasteiger partial charge on any atom is -0.444 e. The standard InChI is InChI=1S/C15H30BrNO4/c1-7-17(13(18)21-14(2,3)4)12-15(5,11-16)20-10-8-9-19-6/h7-12H2,1-6H3. The molecule has 1 atom stereocenters. The summed E-state index contributed by atoms with van der Waals surface area (Å²) in [5.41, 5.74) is -0.935. The molecule has 0 aromatic heterocycles. The largest absolute Gasteiger partial charge is 0.444 e. The van der Waals surface area contributed by atoms with E-state index in [1.165, 1.54) is 0 Å². The van der Waals surface area contributed by atoms with Gasteiger partial charge in [-0.2, -0.15) is 0 Å². The number of hydrogen-bond donors (Lipinski definition) is 0. The molecule has 0 aromatic carbocycles. The smallest absolute Gasteiger partial charge is 0.410 e. The van der Waals surface area contributed by atoms with Crippen LogP contribution in [0.4, 0.5) is 4.79 Å². The van der Waals surface area contributed by atoms with Crippen LogP contribution >= 0.6 is 15.9 Å².